The minimum atomic E-state index is -1.11. The molecule has 0 saturated carbocycles. The van der Waals surface area contributed by atoms with Crippen LogP contribution in [-0.4, -0.2) is 19.8 Å². The van der Waals surface area contributed by atoms with Gasteiger partial charge in [-0.2, -0.15) is 0 Å². The summed E-state index contributed by atoms with van der Waals surface area (Å²) >= 11 is -1.11. The Kier molecular flexibility index (Phi) is 1.80. The standard InChI is InChI=1S/C6H8.CH3.Sn.H/c1-4-6(3)5-2;;;/h1,4H,2-3H3;1H3;;. The van der Waals surface area contributed by atoms with Crippen LogP contribution in [0.3, 0.4) is 0 Å². The van der Waals surface area contributed by atoms with Crippen molar-refractivity contribution in [1.82, 2.24) is 0 Å². The molecule has 1 unspecified atom stereocenters. The van der Waals surface area contributed by atoms with Gasteiger partial charge in [-0.15, -0.1) is 0 Å². The monoisotopic (exact) mass is 216 g/mol. The van der Waals surface area contributed by atoms with Gasteiger partial charge in [-0.05, 0) is 0 Å². The van der Waals surface area contributed by atoms with Crippen LogP contribution in [0.2, 0.25) is 4.94 Å². The maximum absolute atomic E-state index is 2.45. The molecule has 0 aromatic carbocycles. The zero-order valence-corrected chi connectivity index (χ0v) is 9.03. The van der Waals surface area contributed by atoms with Gasteiger partial charge >= 0.3 is 57.9 Å². The molecule has 1 rings (SSSR count). The summed E-state index contributed by atoms with van der Waals surface area (Å²) in [7, 11) is 0. The summed E-state index contributed by atoms with van der Waals surface area (Å²) in [5.41, 5.74) is 1.54. The molecule has 0 radical (unpaired) electrons. The van der Waals surface area contributed by atoms with Crippen LogP contribution in [0.15, 0.2) is 19.3 Å². The van der Waals surface area contributed by atoms with Gasteiger partial charge < -0.3 is 0 Å². The van der Waals surface area contributed by atoms with Gasteiger partial charge in [0.2, 0.25) is 0 Å². The zero-order valence-electron chi connectivity index (χ0n) is 5.73. The number of hydrogen-bond acceptors (Lipinski definition) is 0. The van der Waals surface area contributed by atoms with Gasteiger partial charge in [0.05, 0.1) is 0 Å². The van der Waals surface area contributed by atoms with Crippen LogP contribution in [0.25, 0.3) is 0 Å². The van der Waals surface area contributed by atoms with E-state index in [1.807, 2.05) is 0 Å². The Morgan fingerprint density at radius 3 is 2.12 bits per heavy atom. The van der Waals surface area contributed by atoms with Gasteiger partial charge in [0.1, 0.15) is 0 Å². The van der Waals surface area contributed by atoms with E-state index in [9.17, 15) is 0 Å². The summed E-state index contributed by atoms with van der Waals surface area (Å²) in [6.07, 6.45) is 2.29. The molecule has 0 N–H and O–H groups in total. The van der Waals surface area contributed by atoms with Crippen molar-refractivity contribution in [2.75, 3.05) is 0 Å². The van der Waals surface area contributed by atoms with Crippen molar-refractivity contribution < 1.29 is 0 Å². The Hall–Kier alpha value is 0.279. The molecule has 1 atom stereocenters. The first-order chi connectivity index (χ1) is 3.72. The number of allylic oxidation sites excluding steroid dienone is 3. The molecule has 1 aliphatic heterocycles. The van der Waals surface area contributed by atoms with Gasteiger partial charge in [0.25, 0.3) is 0 Å². The van der Waals surface area contributed by atoms with Crippen LogP contribution in [0, 0.1) is 0 Å². The quantitative estimate of drug-likeness (QED) is 0.540. The SMILES string of the molecule is CC1=[C](C)[SnH]([CH3])[CH]=C1. The summed E-state index contributed by atoms with van der Waals surface area (Å²) in [6.45, 7) is 4.50. The molecule has 1 heteroatoms. The minimum absolute atomic E-state index is 1.11. The molecule has 0 saturated heterocycles. The number of hydrogen-bond donors (Lipinski definition) is 0. The molecule has 0 aromatic rings. The van der Waals surface area contributed by atoms with Crippen LogP contribution in [0.5, 0.6) is 0 Å². The summed E-state index contributed by atoms with van der Waals surface area (Å²) in [5, 5.41) is 0. The van der Waals surface area contributed by atoms with E-state index < -0.39 is 19.8 Å². The van der Waals surface area contributed by atoms with E-state index in [1.165, 1.54) is 5.57 Å². The fourth-order valence-corrected chi connectivity index (χ4v) is 5.72. The second kappa shape index (κ2) is 2.26. The van der Waals surface area contributed by atoms with E-state index in [1.54, 1.807) is 3.59 Å². The molecule has 44 valence electrons. The number of rotatable bonds is 0. The van der Waals surface area contributed by atoms with Crippen molar-refractivity contribution in [3.05, 3.63) is 19.3 Å². The Labute approximate surface area is 58.0 Å². The van der Waals surface area contributed by atoms with E-state index >= 15 is 0 Å². The molecule has 0 aromatic heterocycles. The third kappa shape index (κ3) is 0.992. The molecule has 1 heterocycles. The Morgan fingerprint density at radius 1 is 1.38 bits per heavy atom. The van der Waals surface area contributed by atoms with Crippen LogP contribution in [0.4, 0.5) is 0 Å². The van der Waals surface area contributed by atoms with Crippen LogP contribution in [0.1, 0.15) is 13.8 Å². The summed E-state index contributed by atoms with van der Waals surface area (Å²) in [4.78, 5) is 2.43. The summed E-state index contributed by atoms with van der Waals surface area (Å²) < 4.78 is 4.18. The van der Waals surface area contributed by atoms with E-state index in [0.717, 1.165) is 0 Å². The molecular formula is C7H12Sn. The second-order valence-corrected chi connectivity index (χ2v) is 10.6. The van der Waals surface area contributed by atoms with E-state index in [4.69, 9.17) is 0 Å². The molecule has 0 nitrogen and oxygen atoms in total. The summed E-state index contributed by atoms with van der Waals surface area (Å²) in [5.74, 6) is 0. The first-order valence-electron chi connectivity index (χ1n) is 3.07. The van der Waals surface area contributed by atoms with Crippen molar-refractivity contribution in [2.24, 2.45) is 0 Å². The van der Waals surface area contributed by atoms with Crippen LogP contribution in [-0.2, 0) is 0 Å². The predicted molar refractivity (Wildman–Crippen MR) is 40.5 cm³/mol. The third-order valence-electron chi connectivity index (χ3n) is 1.94. The molecule has 1 aliphatic rings. The van der Waals surface area contributed by atoms with Crippen LogP contribution >= 0.6 is 0 Å². The third-order valence-corrected chi connectivity index (χ3v) is 9.34. The van der Waals surface area contributed by atoms with Crippen molar-refractivity contribution in [2.45, 2.75) is 18.8 Å². The maximum atomic E-state index is 2.45. The Bertz CT molecular complexity index is 154. The van der Waals surface area contributed by atoms with Gasteiger partial charge in [0, 0.05) is 0 Å². The molecule has 8 heavy (non-hydrogen) atoms. The normalized spacial score (nSPS) is 27.6. The van der Waals surface area contributed by atoms with Crippen molar-refractivity contribution in [1.29, 1.82) is 0 Å². The first-order valence-corrected chi connectivity index (χ1v) is 9.92. The van der Waals surface area contributed by atoms with Crippen molar-refractivity contribution in [3.63, 3.8) is 0 Å². The first kappa shape index (κ1) is 6.40. The second-order valence-electron chi connectivity index (χ2n) is 2.51. The van der Waals surface area contributed by atoms with Gasteiger partial charge in [0.15, 0.2) is 0 Å². The van der Waals surface area contributed by atoms with Gasteiger partial charge in [-0.1, -0.05) is 0 Å². The average Bonchev–Trinajstić information content (AvgIpc) is 1.98. The van der Waals surface area contributed by atoms with Crippen molar-refractivity contribution >= 4 is 19.8 Å². The molecular weight excluding hydrogens is 203 g/mol. The average molecular weight is 215 g/mol. The zero-order chi connectivity index (χ0) is 6.15. The van der Waals surface area contributed by atoms with Gasteiger partial charge in [-0.25, -0.2) is 0 Å². The van der Waals surface area contributed by atoms with Crippen LogP contribution < -0.4 is 0 Å². The molecule has 0 bridgehead atoms. The van der Waals surface area contributed by atoms with E-state index in [2.05, 4.69) is 29.0 Å². The molecule has 0 spiro atoms. The fourth-order valence-electron chi connectivity index (χ4n) is 0.924. The van der Waals surface area contributed by atoms with E-state index in [-0.39, 0.29) is 0 Å². The molecule has 0 fully saturated rings. The Balaban J connectivity index is 2.85. The molecule has 0 aliphatic carbocycles. The Morgan fingerprint density at radius 2 is 2.00 bits per heavy atom. The topological polar surface area (TPSA) is 0 Å². The fraction of sp³-hybridized carbons (Fsp3) is 0.429. The predicted octanol–water partition coefficient (Wildman–Crippen LogP) is 1.83. The van der Waals surface area contributed by atoms with Gasteiger partial charge in [-0.3, -0.25) is 0 Å². The van der Waals surface area contributed by atoms with Crippen molar-refractivity contribution in [3.8, 4) is 0 Å². The van der Waals surface area contributed by atoms with E-state index in [0.29, 0.717) is 0 Å². The molecule has 0 amide bonds. The summed E-state index contributed by atoms with van der Waals surface area (Å²) in [6, 6.07) is 0.